The molecule has 46 valence electrons. The Bertz CT molecular complexity index is 87.9. The summed E-state index contributed by atoms with van der Waals surface area (Å²) in [6.07, 6.45) is 1.21. The molecule has 1 saturated carbocycles. The van der Waals surface area contributed by atoms with Crippen LogP contribution in [0.4, 0.5) is 4.39 Å². The summed E-state index contributed by atoms with van der Waals surface area (Å²) < 4.78 is 11.9. The molecule has 0 aromatic heterocycles. The maximum Gasteiger partial charge on any atom is 0.0940 e. The first-order valence-corrected chi connectivity index (χ1v) is 3.23. The molecule has 0 radical (unpaired) electrons. The Morgan fingerprint density at radius 2 is 2.50 bits per heavy atom. The van der Waals surface area contributed by atoms with E-state index in [-0.39, 0.29) is 6.67 Å². The summed E-state index contributed by atoms with van der Waals surface area (Å²) in [7, 11) is 0. The van der Waals surface area contributed by atoms with E-state index in [4.69, 9.17) is 0 Å². The number of hydrogen-bond donors (Lipinski definition) is 1. The molecule has 1 heterocycles. The Kier molecular flexibility index (Phi) is 0.852. The molecule has 0 aromatic carbocycles. The van der Waals surface area contributed by atoms with Crippen LogP contribution < -0.4 is 5.32 Å². The van der Waals surface area contributed by atoms with Crippen LogP contribution in [0.5, 0.6) is 0 Å². The van der Waals surface area contributed by atoms with E-state index in [1.807, 2.05) is 0 Å². The summed E-state index contributed by atoms with van der Waals surface area (Å²) in [5, 5.41) is 3.25. The summed E-state index contributed by atoms with van der Waals surface area (Å²) in [4.78, 5) is 0. The summed E-state index contributed by atoms with van der Waals surface area (Å²) in [6, 6.07) is 0.569. The van der Waals surface area contributed by atoms with Crippen molar-refractivity contribution in [2.45, 2.75) is 12.5 Å². The minimum absolute atomic E-state index is 0.109. The van der Waals surface area contributed by atoms with Gasteiger partial charge in [0.15, 0.2) is 0 Å². The maximum atomic E-state index is 11.9. The molecule has 0 aromatic rings. The number of rotatable bonds is 1. The smallest absolute Gasteiger partial charge is 0.0940 e. The largest absolute Gasteiger partial charge is 0.313 e. The van der Waals surface area contributed by atoms with Gasteiger partial charge in [0.2, 0.25) is 0 Å². The molecular formula is C6H10FN. The average Bonchev–Trinajstić information content (AvgIpc) is 2.22. The van der Waals surface area contributed by atoms with E-state index in [0.717, 1.165) is 6.54 Å². The van der Waals surface area contributed by atoms with Crippen molar-refractivity contribution in [3.63, 3.8) is 0 Å². The van der Waals surface area contributed by atoms with E-state index in [1.165, 1.54) is 6.42 Å². The quantitative estimate of drug-likeness (QED) is 0.526. The van der Waals surface area contributed by atoms with Gasteiger partial charge in [0.25, 0.3) is 0 Å². The van der Waals surface area contributed by atoms with Crippen molar-refractivity contribution in [1.29, 1.82) is 0 Å². The van der Waals surface area contributed by atoms with E-state index >= 15 is 0 Å². The molecular weight excluding hydrogens is 105 g/mol. The molecule has 0 spiro atoms. The van der Waals surface area contributed by atoms with Crippen LogP contribution in [0.3, 0.4) is 0 Å². The van der Waals surface area contributed by atoms with Crippen LogP contribution in [-0.2, 0) is 0 Å². The van der Waals surface area contributed by atoms with Gasteiger partial charge >= 0.3 is 0 Å². The topological polar surface area (TPSA) is 12.0 Å². The van der Waals surface area contributed by atoms with Crippen molar-refractivity contribution in [2.75, 3.05) is 13.2 Å². The molecule has 3 atom stereocenters. The Morgan fingerprint density at radius 1 is 1.62 bits per heavy atom. The van der Waals surface area contributed by atoms with Gasteiger partial charge in [-0.3, -0.25) is 4.39 Å². The van der Waals surface area contributed by atoms with Crippen LogP contribution in [0.1, 0.15) is 6.42 Å². The van der Waals surface area contributed by atoms with Gasteiger partial charge in [-0.2, -0.15) is 0 Å². The molecule has 1 N–H and O–H groups in total. The van der Waals surface area contributed by atoms with E-state index in [2.05, 4.69) is 5.32 Å². The Morgan fingerprint density at radius 3 is 2.88 bits per heavy atom. The molecule has 0 bridgehead atoms. The highest BCUT2D eigenvalue weighted by atomic mass is 19.1. The standard InChI is InChI=1S/C6H10FN/c7-3-5-4-1-2-8-6(4)5/h4-6,8H,1-3H2. The van der Waals surface area contributed by atoms with Crippen molar-refractivity contribution in [3.8, 4) is 0 Å². The number of piperidine rings is 1. The van der Waals surface area contributed by atoms with Crippen LogP contribution in [0.15, 0.2) is 0 Å². The van der Waals surface area contributed by atoms with Crippen molar-refractivity contribution in [3.05, 3.63) is 0 Å². The third-order valence-electron chi connectivity index (χ3n) is 2.37. The first-order chi connectivity index (χ1) is 3.93. The van der Waals surface area contributed by atoms with Crippen molar-refractivity contribution < 1.29 is 4.39 Å². The molecule has 8 heavy (non-hydrogen) atoms. The minimum Gasteiger partial charge on any atom is -0.313 e. The SMILES string of the molecule is FCC1C2CCNC12. The van der Waals surface area contributed by atoms with Crippen molar-refractivity contribution in [2.24, 2.45) is 11.8 Å². The third kappa shape index (κ3) is 0.440. The lowest BCUT2D eigenvalue weighted by Gasteiger charge is -1.95. The van der Waals surface area contributed by atoms with Gasteiger partial charge in [0, 0.05) is 12.0 Å². The van der Waals surface area contributed by atoms with E-state index in [9.17, 15) is 4.39 Å². The second kappa shape index (κ2) is 1.44. The highest BCUT2D eigenvalue weighted by molar-refractivity contribution is 5.06. The summed E-state index contributed by atoms with van der Waals surface area (Å²) in [5.41, 5.74) is 0. The molecule has 1 aliphatic carbocycles. The van der Waals surface area contributed by atoms with Crippen LogP contribution in [0.2, 0.25) is 0 Å². The van der Waals surface area contributed by atoms with E-state index in [0.29, 0.717) is 17.9 Å². The number of halogens is 1. The third-order valence-corrected chi connectivity index (χ3v) is 2.37. The molecule has 0 amide bonds. The summed E-state index contributed by atoms with van der Waals surface area (Å²) in [5.74, 6) is 1.10. The van der Waals surface area contributed by atoms with Gasteiger partial charge in [0.1, 0.15) is 0 Å². The number of nitrogens with one attached hydrogen (secondary N) is 1. The number of alkyl halides is 1. The summed E-state index contributed by atoms with van der Waals surface area (Å²) >= 11 is 0. The first kappa shape index (κ1) is 4.74. The lowest BCUT2D eigenvalue weighted by Crippen LogP contribution is -2.15. The Balaban J connectivity index is 1.94. The summed E-state index contributed by atoms with van der Waals surface area (Å²) in [6.45, 7) is 1.01. The predicted molar refractivity (Wildman–Crippen MR) is 29.4 cm³/mol. The maximum absolute atomic E-state index is 11.9. The van der Waals surface area contributed by atoms with E-state index in [1.54, 1.807) is 0 Å². The normalized spacial score (nSPS) is 51.4. The van der Waals surface area contributed by atoms with Crippen LogP contribution >= 0.6 is 0 Å². The molecule has 1 saturated heterocycles. The fraction of sp³-hybridized carbons (Fsp3) is 1.00. The molecule has 2 aliphatic rings. The molecule has 2 fully saturated rings. The molecule has 1 aliphatic heterocycles. The first-order valence-electron chi connectivity index (χ1n) is 3.23. The van der Waals surface area contributed by atoms with E-state index < -0.39 is 0 Å². The lowest BCUT2D eigenvalue weighted by molar-refractivity contribution is 0.415. The number of fused-ring (bicyclic) bond motifs is 1. The predicted octanol–water partition coefficient (Wildman–Crippen LogP) is 0.564. The van der Waals surface area contributed by atoms with Gasteiger partial charge in [0.05, 0.1) is 6.67 Å². The molecule has 2 heteroatoms. The van der Waals surface area contributed by atoms with Crippen LogP contribution in [0.25, 0.3) is 0 Å². The van der Waals surface area contributed by atoms with Gasteiger partial charge in [-0.15, -0.1) is 0 Å². The highest BCUT2D eigenvalue weighted by Gasteiger charge is 2.52. The second-order valence-corrected chi connectivity index (χ2v) is 2.75. The molecule has 2 rings (SSSR count). The van der Waals surface area contributed by atoms with Crippen LogP contribution in [0, 0.1) is 11.8 Å². The zero-order valence-electron chi connectivity index (χ0n) is 4.73. The highest BCUT2D eigenvalue weighted by Crippen LogP contribution is 2.45. The molecule has 3 unspecified atom stereocenters. The average molecular weight is 115 g/mol. The fourth-order valence-electron chi connectivity index (χ4n) is 1.77. The zero-order chi connectivity index (χ0) is 5.56. The lowest BCUT2D eigenvalue weighted by atomic mass is 10.2. The monoisotopic (exact) mass is 115 g/mol. The van der Waals surface area contributed by atoms with Gasteiger partial charge < -0.3 is 5.32 Å². The van der Waals surface area contributed by atoms with Crippen molar-refractivity contribution >= 4 is 0 Å². The second-order valence-electron chi connectivity index (χ2n) is 2.75. The minimum atomic E-state index is -0.109. The van der Waals surface area contributed by atoms with Crippen molar-refractivity contribution in [1.82, 2.24) is 5.32 Å². The van der Waals surface area contributed by atoms with Crippen LogP contribution in [-0.4, -0.2) is 19.3 Å². The van der Waals surface area contributed by atoms with Gasteiger partial charge in [-0.25, -0.2) is 0 Å². The van der Waals surface area contributed by atoms with Gasteiger partial charge in [-0.05, 0) is 18.9 Å². The zero-order valence-corrected chi connectivity index (χ0v) is 4.73. The number of hydrogen-bond acceptors (Lipinski definition) is 1. The fourth-order valence-corrected chi connectivity index (χ4v) is 1.77. The van der Waals surface area contributed by atoms with Gasteiger partial charge in [-0.1, -0.05) is 0 Å². The Labute approximate surface area is 48.3 Å². The Hall–Kier alpha value is -0.110. The molecule has 1 nitrogen and oxygen atoms in total.